The van der Waals surface area contributed by atoms with Crippen molar-refractivity contribution in [3.63, 3.8) is 0 Å². The van der Waals surface area contributed by atoms with Crippen LogP contribution in [0.5, 0.6) is 5.75 Å². The normalized spacial score (nSPS) is 10.5. The third-order valence-corrected chi connectivity index (χ3v) is 2.59. The molecular weight excluding hydrogens is 276 g/mol. The molecule has 1 N–H and O–H groups in total. The average molecular weight is 298 g/mol. The number of carboxylic acids is 1. The van der Waals surface area contributed by atoms with Crippen LogP contribution in [0.25, 0.3) is 0 Å². The molecule has 0 unspecified atom stereocenters. The Morgan fingerprint density at radius 3 is 2.43 bits per heavy atom. The van der Waals surface area contributed by atoms with Gasteiger partial charge in [0.05, 0.1) is 25.4 Å². The molecule has 0 saturated heterocycles. The lowest BCUT2D eigenvalue weighted by Crippen LogP contribution is -2.10. The Morgan fingerprint density at radius 2 is 1.76 bits per heavy atom. The molecule has 0 spiro atoms. The number of hydrogen-bond acceptors (Lipinski definition) is 5. The summed E-state index contributed by atoms with van der Waals surface area (Å²) in [5.74, 6) is -0.438. The minimum absolute atomic E-state index is 0.210. The topological polar surface area (TPSA) is 74.2 Å². The number of rotatable bonds is 12. The van der Waals surface area contributed by atoms with Crippen LogP contribution in [0.4, 0.5) is 0 Å². The second kappa shape index (κ2) is 11.1. The molecule has 1 aromatic carbocycles. The van der Waals surface area contributed by atoms with E-state index >= 15 is 0 Å². The van der Waals surface area contributed by atoms with E-state index in [2.05, 4.69) is 0 Å². The molecule has 1 aromatic rings. The first-order chi connectivity index (χ1) is 10.2. The Balaban J connectivity index is 2.01. The summed E-state index contributed by atoms with van der Waals surface area (Å²) in [7, 11) is 1.64. The molecule has 0 aromatic heterocycles. The van der Waals surface area contributed by atoms with Gasteiger partial charge in [-0.3, -0.25) is 0 Å². The molecule has 0 bridgehead atoms. The van der Waals surface area contributed by atoms with Gasteiger partial charge in [-0.2, -0.15) is 0 Å². The molecule has 0 radical (unpaired) electrons. The van der Waals surface area contributed by atoms with Crippen molar-refractivity contribution < 1.29 is 28.8 Å². The van der Waals surface area contributed by atoms with Gasteiger partial charge in [-0.15, -0.1) is 0 Å². The molecule has 0 heterocycles. The zero-order chi connectivity index (χ0) is 15.3. The largest absolute Gasteiger partial charge is 0.491 e. The van der Waals surface area contributed by atoms with E-state index in [9.17, 15) is 4.79 Å². The Bertz CT molecular complexity index is 407. The third kappa shape index (κ3) is 8.29. The Kier molecular flexibility index (Phi) is 9.19. The van der Waals surface area contributed by atoms with Crippen LogP contribution in [0.3, 0.4) is 0 Å². The van der Waals surface area contributed by atoms with Gasteiger partial charge in [0, 0.05) is 20.3 Å². The predicted molar refractivity (Wildman–Crippen MR) is 77.0 cm³/mol. The zero-order valence-electron chi connectivity index (χ0n) is 12.2. The van der Waals surface area contributed by atoms with Crippen LogP contribution in [0.2, 0.25) is 0 Å². The highest BCUT2D eigenvalue weighted by molar-refractivity contribution is 5.87. The Morgan fingerprint density at radius 1 is 1.05 bits per heavy atom. The average Bonchev–Trinajstić information content (AvgIpc) is 2.49. The lowest BCUT2D eigenvalue weighted by atomic mass is 10.2. The molecule has 0 aliphatic carbocycles. The SMILES string of the molecule is COCCOCCCOCCOc1cccc(C(=O)O)c1. The van der Waals surface area contributed by atoms with Crippen LogP contribution >= 0.6 is 0 Å². The molecule has 1 rings (SSSR count). The minimum Gasteiger partial charge on any atom is -0.491 e. The van der Waals surface area contributed by atoms with Crippen LogP contribution in [-0.4, -0.2) is 57.8 Å². The standard InChI is InChI=1S/C15H22O6/c1-18-8-9-19-6-3-7-20-10-11-21-14-5-2-4-13(12-14)15(16)17/h2,4-5,12H,3,6-11H2,1H3,(H,16,17). The van der Waals surface area contributed by atoms with Crippen molar-refractivity contribution in [1.82, 2.24) is 0 Å². The van der Waals surface area contributed by atoms with Crippen molar-refractivity contribution in [2.75, 3.05) is 46.8 Å². The molecule has 6 heteroatoms. The maximum Gasteiger partial charge on any atom is 0.335 e. The van der Waals surface area contributed by atoms with Crippen LogP contribution in [-0.2, 0) is 14.2 Å². The highest BCUT2D eigenvalue weighted by Gasteiger charge is 2.03. The number of aromatic carboxylic acids is 1. The molecule has 0 atom stereocenters. The first-order valence-electron chi connectivity index (χ1n) is 6.84. The number of carboxylic acid groups (broad SMARTS) is 1. The van der Waals surface area contributed by atoms with Crippen LogP contribution in [0.15, 0.2) is 24.3 Å². The molecule has 21 heavy (non-hydrogen) atoms. The first kappa shape index (κ1) is 17.4. The van der Waals surface area contributed by atoms with Gasteiger partial charge in [-0.25, -0.2) is 4.79 Å². The van der Waals surface area contributed by atoms with Gasteiger partial charge in [-0.05, 0) is 24.6 Å². The lowest BCUT2D eigenvalue weighted by molar-refractivity contribution is 0.0459. The van der Waals surface area contributed by atoms with E-state index in [0.717, 1.165) is 6.42 Å². The number of benzene rings is 1. The summed E-state index contributed by atoms with van der Waals surface area (Å²) in [6, 6.07) is 6.38. The van der Waals surface area contributed by atoms with Gasteiger partial charge in [0.2, 0.25) is 0 Å². The van der Waals surface area contributed by atoms with Crippen molar-refractivity contribution in [1.29, 1.82) is 0 Å². The summed E-state index contributed by atoms with van der Waals surface area (Å²) in [5, 5.41) is 8.86. The van der Waals surface area contributed by atoms with Crippen molar-refractivity contribution in [3.05, 3.63) is 29.8 Å². The molecule has 0 aliphatic heterocycles. The molecular formula is C15H22O6. The highest BCUT2D eigenvalue weighted by atomic mass is 16.5. The van der Waals surface area contributed by atoms with E-state index < -0.39 is 5.97 Å². The molecule has 6 nitrogen and oxygen atoms in total. The maximum atomic E-state index is 10.8. The summed E-state index contributed by atoms with van der Waals surface area (Å²) in [6.45, 7) is 3.28. The van der Waals surface area contributed by atoms with E-state index in [0.29, 0.717) is 45.4 Å². The quantitative estimate of drug-likeness (QED) is 0.593. The Hall–Kier alpha value is -1.63. The van der Waals surface area contributed by atoms with Gasteiger partial charge in [0.1, 0.15) is 12.4 Å². The second-order valence-electron chi connectivity index (χ2n) is 4.25. The van der Waals surface area contributed by atoms with Gasteiger partial charge in [-0.1, -0.05) is 6.07 Å². The number of ether oxygens (including phenoxy) is 4. The van der Waals surface area contributed by atoms with E-state index in [4.69, 9.17) is 24.1 Å². The van der Waals surface area contributed by atoms with Gasteiger partial charge in [0.25, 0.3) is 0 Å². The van der Waals surface area contributed by atoms with Gasteiger partial charge >= 0.3 is 5.97 Å². The number of methoxy groups -OCH3 is 1. The number of carbonyl (C=O) groups is 1. The summed E-state index contributed by atoms with van der Waals surface area (Å²) in [4.78, 5) is 10.8. The highest BCUT2D eigenvalue weighted by Crippen LogP contribution is 2.13. The molecule has 0 aliphatic rings. The maximum absolute atomic E-state index is 10.8. The van der Waals surface area contributed by atoms with E-state index in [-0.39, 0.29) is 5.56 Å². The molecule has 118 valence electrons. The van der Waals surface area contributed by atoms with Crippen LogP contribution in [0, 0.1) is 0 Å². The molecule has 0 amide bonds. The summed E-state index contributed by atoms with van der Waals surface area (Å²) in [6.07, 6.45) is 0.818. The van der Waals surface area contributed by atoms with E-state index in [1.54, 1.807) is 19.2 Å². The minimum atomic E-state index is -0.967. The monoisotopic (exact) mass is 298 g/mol. The van der Waals surface area contributed by atoms with Gasteiger partial charge < -0.3 is 24.1 Å². The summed E-state index contributed by atoms with van der Waals surface area (Å²) >= 11 is 0. The van der Waals surface area contributed by atoms with E-state index in [1.165, 1.54) is 12.1 Å². The van der Waals surface area contributed by atoms with Crippen LogP contribution in [0.1, 0.15) is 16.8 Å². The van der Waals surface area contributed by atoms with Crippen molar-refractivity contribution in [3.8, 4) is 5.75 Å². The fraction of sp³-hybridized carbons (Fsp3) is 0.533. The van der Waals surface area contributed by atoms with Crippen molar-refractivity contribution >= 4 is 5.97 Å². The van der Waals surface area contributed by atoms with Crippen molar-refractivity contribution in [2.45, 2.75) is 6.42 Å². The first-order valence-corrected chi connectivity index (χ1v) is 6.84. The number of hydrogen-bond donors (Lipinski definition) is 1. The second-order valence-corrected chi connectivity index (χ2v) is 4.25. The van der Waals surface area contributed by atoms with Gasteiger partial charge in [0.15, 0.2) is 0 Å². The molecule has 0 saturated carbocycles. The van der Waals surface area contributed by atoms with Crippen molar-refractivity contribution in [2.24, 2.45) is 0 Å². The predicted octanol–water partition coefficient (Wildman–Crippen LogP) is 1.83. The zero-order valence-corrected chi connectivity index (χ0v) is 12.2. The fourth-order valence-corrected chi connectivity index (χ4v) is 1.55. The lowest BCUT2D eigenvalue weighted by Gasteiger charge is -2.08. The van der Waals surface area contributed by atoms with Crippen LogP contribution < -0.4 is 4.74 Å². The smallest absolute Gasteiger partial charge is 0.335 e. The summed E-state index contributed by atoms with van der Waals surface area (Å²) in [5.41, 5.74) is 0.210. The molecule has 0 fully saturated rings. The summed E-state index contributed by atoms with van der Waals surface area (Å²) < 4.78 is 21.0. The van der Waals surface area contributed by atoms with E-state index in [1.807, 2.05) is 0 Å². The third-order valence-electron chi connectivity index (χ3n) is 2.59. The Labute approximate surface area is 124 Å². The fourth-order valence-electron chi connectivity index (χ4n) is 1.55.